The van der Waals surface area contributed by atoms with Crippen molar-refractivity contribution in [3.05, 3.63) is 45.6 Å². The van der Waals surface area contributed by atoms with Crippen LogP contribution < -0.4 is 20.3 Å². The lowest BCUT2D eigenvalue weighted by molar-refractivity contribution is -0.128. The van der Waals surface area contributed by atoms with E-state index >= 15 is 0 Å². The van der Waals surface area contributed by atoms with Crippen LogP contribution in [0.15, 0.2) is 30.3 Å². The van der Waals surface area contributed by atoms with E-state index in [-0.39, 0.29) is 5.91 Å². The molecule has 0 aliphatic rings. The molecule has 1 aromatic heterocycles. The number of ether oxygens (including phenoxy) is 2. The summed E-state index contributed by atoms with van der Waals surface area (Å²) in [6, 6.07) is 8.86. The summed E-state index contributed by atoms with van der Waals surface area (Å²) in [7, 11) is 0. The molecule has 26 heavy (non-hydrogen) atoms. The van der Waals surface area contributed by atoms with Gasteiger partial charge in [-0.2, -0.15) is 0 Å². The summed E-state index contributed by atoms with van der Waals surface area (Å²) in [6.45, 7) is 8.13. The number of carbonyl (C=O) groups is 2. The van der Waals surface area contributed by atoms with Crippen LogP contribution in [0.3, 0.4) is 0 Å². The molecule has 0 saturated heterocycles. The quantitative estimate of drug-likeness (QED) is 0.728. The van der Waals surface area contributed by atoms with Crippen molar-refractivity contribution < 1.29 is 19.1 Å². The van der Waals surface area contributed by atoms with Crippen LogP contribution in [0.2, 0.25) is 0 Å². The van der Waals surface area contributed by atoms with E-state index < -0.39 is 12.0 Å². The fraction of sp³-hybridized carbons (Fsp3) is 0.368. The molecule has 0 spiro atoms. The average molecular weight is 376 g/mol. The van der Waals surface area contributed by atoms with Gasteiger partial charge in [0.1, 0.15) is 11.5 Å². The van der Waals surface area contributed by atoms with E-state index in [0.717, 1.165) is 22.6 Å². The van der Waals surface area contributed by atoms with Crippen LogP contribution in [0.4, 0.5) is 0 Å². The van der Waals surface area contributed by atoms with Gasteiger partial charge in [0.25, 0.3) is 11.8 Å². The Balaban J connectivity index is 1.85. The monoisotopic (exact) mass is 376 g/mol. The molecule has 1 aromatic carbocycles. The van der Waals surface area contributed by atoms with Crippen LogP contribution in [-0.2, 0) is 11.2 Å². The molecule has 6 nitrogen and oxygen atoms in total. The van der Waals surface area contributed by atoms with Gasteiger partial charge < -0.3 is 9.47 Å². The Kier molecular flexibility index (Phi) is 7.03. The number of hydrogen-bond donors (Lipinski definition) is 2. The molecule has 2 amide bonds. The van der Waals surface area contributed by atoms with Crippen molar-refractivity contribution in [3.63, 3.8) is 0 Å². The molecular formula is C19H24N2O4S. The number of hydrazine groups is 1. The molecule has 0 bridgehead atoms. The Labute approximate surface area is 157 Å². The first-order valence-corrected chi connectivity index (χ1v) is 9.35. The highest BCUT2D eigenvalue weighted by Gasteiger charge is 2.17. The predicted molar refractivity (Wildman–Crippen MR) is 102 cm³/mol. The van der Waals surface area contributed by atoms with Crippen molar-refractivity contribution in [2.24, 2.45) is 0 Å². The lowest BCUT2D eigenvalue weighted by Gasteiger charge is -2.15. The molecule has 0 radical (unpaired) electrons. The zero-order chi connectivity index (χ0) is 19.1. The van der Waals surface area contributed by atoms with E-state index in [0.29, 0.717) is 17.2 Å². The second kappa shape index (κ2) is 9.24. The molecule has 2 aromatic rings. The first kappa shape index (κ1) is 19.8. The molecule has 140 valence electrons. The minimum absolute atomic E-state index is 0.334. The maximum atomic E-state index is 12.1. The summed E-state index contributed by atoms with van der Waals surface area (Å²) in [5.41, 5.74) is 5.96. The molecule has 2 rings (SSSR count). The largest absolute Gasteiger partial charge is 0.494 e. The SMILES string of the molecule is CCOc1ccc(OC(C)C(=O)NNC(=O)c2cc(CC)c(C)s2)cc1. The molecule has 0 fully saturated rings. The van der Waals surface area contributed by atoms with Gasteiger partial charge in [-0.3, -0.25) is 20.4 Å². The maximum absolute atomic E-state index is 12.1. The molecule has 7 heteroatoms. The lowest BCUT2D eigenvalue weighted by atomic mass is 10.2. The fourth-order valence-corrected chi connectivity index (χ4v) is 3.31. The minimum atomic E-state index is -0.760. The van der Waals surface area contributed by atoms with Gasteiger partial charge in [0.15, 0.2) is 6.10 Å². The zero-order valence-electron chi connectivity index (χ0n) is 15.4. The summed E-state index contributed by atoms with van der Waals surface area (Å²) in [5.74, 6) is 0.515. The van der Waals surface area contributed by atoms with Gasteiger partial charge in [-0.05, 0) is 63.1 Å². The van der Waals surface area contributed by atoms with Crippen molar-refractivity contribution >= 4 is 23.2 Å². The summed E-state index contributed by atoms with van der Waals surface area (Å²) in [4.78, 5) is 25.9. The fourth-order valence-electron chi connectivity index (χ4n) is 2.30. The molecular weight excluding hydrogens is 352 g/mol. The standard InChI is InChI=1S/C19H24N2O4S/c1-5-14-11-17(26-13(14)4)19(23)21-20-18(22)12(3)25-16-9-7-15(8-10-16)24-6-2/h7-12H,5-6H2,1-4H3,(H,20,22)(H,21,23). The highest BCUT2D eigenvalue weighted by atomic mass is 32.1. The molecule has 0 aliphatic heterocycles. The van der Waals surface area contributed by atoms with Crippen molar-refractivity contribution in [3.8, 4) is 11.5 Å². The third-order valence-electron chi connectivity index (χ3n) is 3.74. The van der Waals surface area contributed by atoms with Gasteiger partial charge in [-0.15, -0.1) is 11.3 Å². The molecule has 0 saturated carbocycles. The number of hydrogen-bond acceptors (Lipinski definition) is 5. The van der Waals surface area contributed by atoms with Gasteiger partial charge in [0.05, 0.1) is 11.5 Å². The number of amides is 2. The van der Waals surface area contributed by atoms with E-state index in [1.54, 1.807) is 31.2 Å². The van der Waals surface area contributed by atoms with E-state index in [9.17, 15) is 9.59 Å². The van der Waals surface area contributed by atoms with Gasteiger partial charge in [0, 0.05) is 4.88 Å². The normalized spacial score (nSPS) is 11.5. The Morgan fingerprint density at radius 2 is 1.77 bits per heavy atom. The Morgan fingerprint density at radius 1 is 1.12 bits per heavy atom. The molecule has 1 unspecified atom stereocenters. The van der Waals surface area contributed by atoms with Crippen molar-refractivity contribution in [2.75, 3.05) is 6.61 Å². The molecule has 1 atom stereocenters. The van der Waals surface area contributed by atoms with Crippen LogP contribution in [0, 0.1) is 6.92 Å². The number of nitrogens with one attached hydrogen (secondary N) is 2. The van der Waals surface area contributed by atoms with Gasteiger partial charge >= 0.3 is 0 Å². The molecule has 2 N–H and O–H groups in total. The van der Waals surface area contributed by atoms with Crippen LogP contribution in [0.25, 0.3) is 0 Å². The van der Waals surface area contributed by atoms with Crippen LogP contribution in [0.1, 0.15) is 40.9 Å². The molecule has 1 heterocycles. The third kappa shape index (κ3) is 5.23. The third-order valence-corrected chi connectivity index (χ3v) is 4.83. The second-order valence-electron chi connectivity index (χ2n) is 5.65. The van der Waals surface area contributed by atoms with Crippen molar-refractivity contribution in [2.45, 2.75) is 40.2 Å². The van der Waals surface area contributed by atoms with E-state index in [2.05, 4.69) is 10.9 Å². The number of aryl methyl sites for hydroxylation is 2. The van der Waals surface area contributed by atoms with Crippen LogP contribution >= 0.6 is 11.3 Å². The highest BCUT2D eigenvalue weighted by Crippen LogP contribution is 2.22. The Bertz CT molecular complexity index is 755. The van der Waals surface area contributed by atoms with E-state index in [1.165, 1.54) is 11.3 Å². The van der Waals surface area contributed by atoms with Gasteiger partial charge in [0.2, 0.25) is 0 Å². The summed E-state index contributed by atoms with van der Waals surface area (Å²) in [6.07, 6.45) is 0.110. The van der Waals surface area contributed by atoms with E-state index in [1.807, 2.05) is 26.8 Å². The van der Waals surface area contributed by atoms with Crippen molar-refractivity contribution in [1.29, 1.82) is 0 Å². The summed E-state index contributed by atoms with van der Waals surface area (Å²) in [5, 5.41) is 0. The molecule has 0 aliphatic carbocycles. The summed E-state index contributed by atoms with van der Waals surface area (Å²) < 4.78 is 10.9. The van der Waals surface area contributed by atoms with Crippen molar-refractivity contribution in [1.82, 2.24) is 10.9 Å². The van der Waals surface area contributed by atoms with Crippen LogP contribution in [0.5, 0.6) is 11.5 Å². The first-order valence-electron chi connectivity index (χ1n) is 8.53. The Hall–Kier alpha value is -2.54. The maximum Gasteiger partial charge on any atom is 0.279 e. The van der Waals surface area contributed by atoms with Crippen LogP contribution in [-0.4, -0.2) is 24.5 Å². The minimum Gasteiger partial charge on any atom is -0.494 e. The topological polar surface area (TPSA) is 76.7 Å². The average Bonchev–Trinajstić information content (AvgIpc) is 3.02. The number of benzene rings is 1. The predicted octanol–water partition coefficient (Wildman–Crippen LogP) is 3.25. The first-order chi connectivity index (χ1) is 12.4. The number of rotatable bonds is 7. The van der Waals surface area contributed by atoms with Gasteiger partial charge in [-0.25, -0.2) is 0 Å². The second-order valence-corrected chi connectivity index (χ2v) is 6.91. The zero-order valence-corrected chi connectivity index (χ0v) is 16.2. The Morgan fingerprint density at radius 3 is 2.35 bits per heavy atom. The highest BCUT2D eigenvalue weighted by molar-refractivity contribution is 7.14. The summed E-state index contributed by atoms with van der Waals surface area (Å²) >= 11 is 1.41. The van der Waals surface area contributed by atoms with Gasteiger partial charge in [-0.1, -0.05) is 6.92 Å². The number of carbonyl (C=O) groups excluding carboxylic acids is 2. The van der Waals surface area contributed by atoms with E-state index in [4.69, 9.17) is 9.47 Å². The number of thiophene rings is 1. The lowest BCUT2D eigenvalue weighted by Crippen LogP contribution is -2.47. The smallest absolute Gasteiger partial charge is 0.279 e.